The van der Waals surface area contributed by atoms with E-state index >= 15 is 0 Å². The van der Waals surface area contributed by atoms with Crippen molar-refractivity contribution in [3.05, 3.63) is 92.8 Å². The number of β-amino-alcohol motifs (C(OH)–C–C–N with tert-alkyl or cyclic N) is 1. The topological polar surface area (TPSA) is 227 Å². The van der Waals surface area contributed by atoms with Crippen molar-refractivity contribution in [3.63, 3.8) is 0 Å². The third-order valence-electron chi connectivity index (χ3n) is 14.2. The van der Waals surface area contributed by atoms with E-state index in [0.29, 0.717) is 51.7 Å². The maximum Gasteiger partial charge on any atom is 0.267 e. The van der Waals surface area contributed by atoms with E-state index in [2.05, 4.69) is 51.3 Å². The van der Waals surface area contributed by atoms with E-state index in [1.54, 1.807) is 17.4 Å². The Hall–Kier alpha value is -6.06. The molecule has 0 aliphatic carbocycles. The van der Waals surface area contributed by atoms with Crippen LogP contribution in [0.5, 0.6) is 0 Å². The second-order valence-corrected chi connectivity index (χ2v) is 23.8. The lowest BCUT2D eigenvalue weighted by Crippen LogP contribution is -2.57. The van der Waals surface area contributed by atoms with E-state index < -0.39 is 23.6 Å². The van der Waals surface area contributed by atoms with E-state index in [-0.39, 0.29) is 55.5 Å². The third kappa shape index (κ3) is 17.5. The average molecular weight is 1130 g/mol. The summed E-state index contributed by atoms with van der Waals surface area (Å²) in [7, 11) is 0. The van der Waals surface area contributed by atoms with Gasteiger partial charge in [0, 0.05) is 71.1 Å². The van der Waals surface area contributed by atoms with E-state index in [1.165, 1.54) is 22.4 Å². The van der Waals surface area contributed by atoms with Gasteiger partial charge in [0.15, 0.2) is 5.13 Å². The van der Waals surface area contributed by atoms with Crippen LogP contribution in [0.1, 0.15) is 130 Å². The summed E-state index contributed by atoms with van der Waals surface area (Å²) in [6.07, 6.45) is 9.91. The molecule has 3 unspecified atom stereocenters. The number of likely N-dealkylation sites (tertiary alicyclic amines) is 1. The van der Waals surface area contributed by atoms with Crippen molar-refractivity contribution in [1.29, 1.82) is 0 Å². The predicted octanol–water partition coefficient (Wildman–Crippen LogP) is 8.97. The van der Waals surface area contributed by atoms with Crippen molar-refractivity contribution >= 4 is 86.3 Å². The zero-order valence-electron chi connectivity index (χ0n) is 46.0. The molecule has 18 nitrogen and oxygen atoms in total. The summed E-state index contributed by atoms with van der Waals surface area (Å²) in [5.41, 5.74) is 5.60. The standard InChI is InChI=1S/C57H77ClN12O6S2/c1-37-17-16-18-43(58)50(37)67-54(75)45-34-61-56(78-45)65-46-32-47(64-39(3)63-46)69-29-27-68(28-30-69)26-15-11-14-25-59-48(72)19-12-9-7-8-10-13-20-49(73)66-52(57(4,5)6)55(76)70-35-42(71)31-44(70)53(74)60-33-40-21-23-41(24-22-40)51-38(2)62-36-77-51/h16-18,21-24,32,34,36,42,44,52,71H,7-15,19-20,25-31,33,35H2,1-6H3,(H,59,72)(H,60,74)(H,66,73)(H,67,75)(H,61,63,64,65). The Balaban J connectivity index is 0.704. The molecule has 7 rings (SSSR count). The number of para-hydroxylation sites is 1. The van der Waals surface area contributed by atoms with Crippen molar-refractivity contribution < 1.29 is 29.1 Å². The summed E-state index contributed by atoms with van der Waals surface area (Å²) in [6.45, 7) is 16.9. The lowest BCUT2D eigenvalue weighted by atomic mass is 9.85. The van der Waals surface area contributed by atoms with Gasteiger partial charge in [-0.15, -0.1) is 11.3 Å². The Kier molecular flexibility index (Phi) is 21.9. The van der Waals surface area contributed by atoms with Gasteiger partial charge < -0.3 is 41.5 Å². The number of unbranched alkanes of at least 4 members (excludes halogenated alkanes) is 7. The Morgan fingerprint density at radius 3 is 2.23 bits per heavy atom. The maximum atomic E-state index is 14.0. The van der Waals surface area contributed by atoms with Crippen LogP contribution in [0.15, 0.2) is 60.2 Å². The molecule has 21 heteroatoms. The lowest BCUT2D eigenvalue weighted by Gasteiger charge is -2.35. The highest BCUT2D eigenvalue weighted by Crippen LogP contribution is 2.31. The molecule has 3 aromatic heterocycles. The number of carbonyl (C=O) groups is 5. The van der Waals surface area contributed by atoms with Crippen LogP contribution in [0.3, 0.4) is 0 Å². The first-order valence-electron chi connectivity index (χ1n) is 27.4. The minimum atomic E-state index is -0.864. The summed E-state index contributed by atoms with van der Waals surface area (Å²) in [5, 5.41) is 26.8. The fourth-order valence-electron chi connectivity index (χ4n) is 9.74. The number of piperazine rings is 1. The minimum Gasteiger partial charge on any atom is -0.391 e. The molecule has 420 valence electrons. The molecule has 5 heterocycles. The SMILES string of the molecule is Cc1nc(Nc2ncc(C(=O)Nc3c(C)cccc3Cl)s2)cc(N2CCN(CCCCCNC(=O)CCCCCCCCC(=O)NC(C(=O)N3CC(O)CC3C(=O)NCc3ccc(-c4scnc4C)cc3)C(C)(C)C)CC2)n1. The summed E-state index contributed by atoms with van der Waals surface area (Å²) >= 11 is 9.13. The van der Waals surface area contributed by atoms with Gasteiger partial charge in [0.1, 0.15) is 34.4 Å². The Morgan fingerprint density at radius 1 is 0.833 bits per heavy atom. The van der Waals surface area contributed by atoms with Crippen LogP contribution in [-0.4, -0.2) is 128 Å². The van der Waals surface area contributed by atoms with Crippen LogP contribution >= 0.6 is 34.3 Å². The molecule has 2 fully saturated rings. The highest BCUT2D eigenvalue weighted by atomic mass is 35.5. The number of rotatable bonds is 26. The number of anilines is 4. The molecule has 2 aliphatic rings. The number of halogens is 1. The molecule has 2 aromatic carbocycles. The summed E-state index contributed by atoms with van der Waals surface area (Å²) in [5.74, 6) is 0.990. The Bertz CT molecular complexity index is 2790. The zero-order chi connectivity index (χ0) is 55.8. The van der Waals surface area contributed by atoms with E-state index in [9.17, 15) is 29.1 Å². The molecule has 0 saturated carbocycles. The van der Waals surface area contributed by atoms with Crippen molar-refractivity contribution in [2.45, 2.75) is 143 Å². The summed E-state index contributed by atoms with van der Waals surface area (Å²) < 4.78 is 0. The molecule has 5 amide bonds. The highest BCUT2D eigenvalue weighted by molar-refractivity contribution is 7.17. The zero-order valence-corrected chi connectivity index (χ0v) is 48.4. The molecule has 0 bridgehead atoms. The Labute approximate surface area is 472 Å². The number of hydrogen-bond acceptors (Lipinski definition) is 15. The molecule has 0 radical (unpaired) electrons. The first kappa shape index (κ1) is 59.6. The second kappa shape index (κ2) is 28.7. The van der Waals surface area contributed by atoms with E-state index in [1.807, 2.05) is 89.5 Å². The number of aromatic nitrogens is 4. The van der Waals surface area contributed by atoms with Gasteiger partial charge in [0.2, 0.25) is 23.6 Å². The molecular weight excluding hydrogens is 1050 g/mol. The van der Waals surface area contributed by atoms with Crippen molar-refractivity contribution in [3.8, 4) is 10.4 Å². The van der Waals surface area contributed by atoms with Crippen LogP contribution in [0.25, 0.3) is 10.4 Å². The van der Waals surface area contributed by atoms with Gasteiger partial charge in [-0.3, -0.25) is 28.9 Å². The van der Waals surface area contributed by atoms with Crippen molar-refractivity contribution in [1.82, 2.24) is 45.7 Å². The molecule has 5 aromatic rings. The first-order valence-corrected chi connectivity index (χ1v) is 29.4. The minimum absolute atomic E-state index is 0.0245. The number of nitrogens with zero attached hydrogens (tertiary/aromatic N) is 7. The van der Waals surface area contributed by atoms with Gasteiger partial charge in [0.05, 0.1) is 39.1 Å². The maximum absolute atomic E-state index is 14.0. The fraction of sp³-hybridized carbons (Fsp3) is 0.526. The molecule has 2 aliphatic heterocycles. The number of aliphatic hydroxyl groups is 1. The normalized spacial score (nSPS) is 16.2. The largest absolute Gasteiger partial charge is 0.391 e. The van der Waals surface area contributed by atoms with Crippen LogP contribution in [0.4, 0.5) is 22.5 Å². The number of benzene rings is 2. The number of aryl methyl sites for hydroxylation is 3. The number of carbonyl (C=O) groups excluding carboxylic acids is 5. The van der Waals surface area contributed by atoms with Gasteiger partial charge in [0.25, 0.3) is 5.91 Å². The number of nitrogens with one attached hydrogen (secondary N) is 5. The molecule has 3 atom stereocenters. The van der Waals surface area contributed by atoms with Gasteiger partial charge >= 0.3 is 0 Å². The molecule has 6 N–H and O–H groups in total. The lowest BCUT2D eigenvalue weighted by molar-refractivity contribution is -0.144. The van der Waals surface area contributed by atoms with Gasteiger partial charge in [-0.2, -0.15) is 0 Å². The van der Waals surface area contributed by atoms with Gasteiger partial charge in [-0.1, -0.05) is 112 Å². The number of thiazole rings is 2. The molecule has 2 saturated heterocycles. The van der Waals surface area contributed by atoms with Gasteiger partial charge in [-0.25, -0.2) is 19.9 Å². The summed E-state index contributed by atoms with van der Waals surface area (Å²) in [6, 6.07) is 13.6. The average Bonchev–Trinajstić information content (AvgIpc) is 4.19. The number of aliphatic hydroxyl groups excluding tert-OH is 1. The third-order valence-corrected chi connectivity index (χ3v) is 16.4. The molecule has 0 spiro atoms. The predicted molar refractivity (Wildman–Crippen MR) is 310 cm³/mol. The molecular formula is C57H77ClN12O6S2. The van der Waals surface area contributed by atoms with Crippen molar-refractivity contribution in [2.24, 2.45) is 5.41 Å². The highest BCUT2D eigenvalue weighted by Gasteiger charge is 2.44. The van der Waals surface area contributed by atoms with Crippen LogP contribution in [0.2, 0.25) is 5.02 Å². The second-order valence-electron chi connectivity index (χ2n) is 21.5. The van der Waals surface area contributed by atoms with Crippen LogP contribution in [0, 0.1) is 26.2 Å². The first-order chi connectivity index (χ1) is 37.4. The van der Waals surface area contributed by atoms with E-state index in [0.717, 1.165) is 117 Å². The van der Waals surface area contributed by atoms with Crippen molar-refractivity contribution in [2.75, 3.05) is 61.3 Å². The quantitative estimate of drug-likeness (QED) is 0.0285. The Morgan fingerprint density at radius 2 is 1.54 bits per heavy atom. The van der Waals surface area contributed by atoms with E-state index in [4.69, 9.17) is 16.6 Å². The monoisotopic (exact) mass is 1120 g/mol. The van der Waals surface area contributed by atoms with Crippen LogP contribution < -0.4 is 31.5 Å². The van der Waals surface area contributed by atoms with Gasteiger partial charge in [-0.05, 0) is 81.2 Å². The summed E-state index contributed by atoms with van der Waals surface area (Å²) in [4.78, 5) is 91.9. The fourth-order valence-corrected chi connectivity index (χ4v) is 11.5. The number of amides is 5. The number of hydrogen-bond donors (Lipinski definition) is 6. The smallest absolute Gasteiger partial charge is 0.267 e. The van der Waals surface area contributed by atoms with Crippen LogP contribution in [-0.2, 0) is 25.7 Å². The molecule has 78 heavy (non-hydrogen) atoms.